The number of carbonyl (C=O) groups is 2. The Morgan fingerprint density at radius 2 is 2.24 bits per heavy atom. The van der Waals surface area contributed by atoms with E-state index in [2.05, 4.69) is 9.84 Å². The average molecular weight is 386 g/mol. The molecule has 9 nitrogen and oxygen atoms in total. The van der Waals surface area contributed by atoms with E-state index >= 15 is 0 Å². The van der Waals surface area contributed by atoms with Crippen LogP contribution in [0.4, 0.5) is 13.2 Å². The third-order valence-electron chi connectivity index (χ3n) is 3.55. The van der Waals surface area contributed by atoms with Gasteiger partial charge in [-0.05, 0) is 0 Å². The molecule has 3 rings (SSSR count). The lowest BCUT2D eigenvalue weighted by molar-refractivity contribution is -0.209. The molecule has 1 unspecified atom stereocenters. The molecule has 0 radical (unpaired) electrons. The number of rotatable bonds is 4. The third kappa shape index (κ3) is 4.10. The Balaban J connectivity index is 1.57. The molecule has 3 heterocycles. The first-order valence-electron chi connectivity index (χ1n) is 7.18. The number of nitrogens with one attached hydrogen (secondary N) is 1. The highest BCUT2D eigenvalue weighted by atomic mass is 31.2. The normalized spacial score (nSPS) is 35.5. The number of ketones is 1. The van der Waals surface area contributed by atoms with Crippen molar-refractivity contribution in [1.29, 1.82) is 0 Å². The molecule has 2 saturated heterocycles. The lowest BCUT2D eigenvalue weighted by atomic mass is 10.1. The number of ether oxygens (including phenoxy) is 1. The van der Waals surface area contributed by atoms with Crippen LogP contribution >= 0.6 is 8.60 Å². The number of hydrogen-bond acceptors (Lipinski definition) is 8. The maximum Gasteiger partial charge on any atom is 0.364 e. The van der Waals surface area contributed by atoms with Crippen LogP contribution in [0, 0.1) is 0 Å². The highest BCUT2D eigenvalue weighted by Crippen LogP contribution is 2.50. The second kappa shape index (κ2) is 7.14. The summed E-state index contributed by atoms with van der Waals surface area (Å²) in [6, 6.07) is 0. The van der Waals surface area contributed by atoms with Gasteiger partial charge in [-0.3, -0.25) is 9.59 Å². The Kier molecular flexibility index (Phi) is 5.28. The zero-order valence-electron chi connectivity index (χ0n) is 12.6. The Bertz CT molecular complexity index is 593. The molecule has 13 heteroatoms. The van der Waals surface area contributed by atoms with Crippen LogP contribution in [0.5, 0.6) is 0 Å². The Hall–Kier alpha value is -1.30. The Morgan fingerprint density at radius 3 is 2.92 bits per heavy atom. The number of Topliss-reactive ketones (excluding diaryl/α,β-unsaturated/α-hetero) is 1. The van der Waals surface area contributed by atoms with Gasteiger partial charge in [0.2, 0.25) is 11.6 Å². The molecular weight excluding hydrogens is 372 g/mol. The molecule has 3 aliphatic heterocycles. The molecule has 0 aliphatic carbocycles. The van der Waals surface area contributed by atoms with Crippen molar-refractivity contribution < 1.29 is 46.2 Å². The monoisotopic (exact) mass is 386 g/mol. The molecular formula is C12H14F3N2O7P. The van der Waals surface area contributed by atoms with Crippen molar-refractivity contribution in [3.63, 3.8) is 0 Å². The van der Waals surface area contributed by atoms with Gasteiger partial charge in [0, 0.05) is 6.20 Å². The molecule has 0 aromatic heterocycles. The van der Waals surface area contributed by atoms with Crippen molar-refractivity contribution in [2.75, 3.05) is 19.9 Å². The van der Waals surface area contributed by atoms with Crippen molar-refractivity contribution in [2.45, 2.75) is 31.0 Å². The molecule has 4 atom stereocenters. The van der Waals surface area contributed by atoms with E-state index < -0.39 is 63.7 Å². The fraction of sp³-hybridized carbons (Fsp3) is 0.667. The van der Waals surface area contributed by atoms with Crippen LogP contribution in [0.15, 0.2) is 12.0 Å². The van der Waals surface area contributed by atoms with E-state index in [4.69, 9.17) is 13.8 Å². The van der Waals surface area contributed by atoms with Crippen LogP contribution in [0.3, 0.4) is 0 Å². The molecule has 0 saturated carbocycles. The molecule has 1 amide bonds. The quantitative estimate of drug-likeness (QED) is 0.656. The lowest BCUT2D eigenvalue weighted by Crippen LogP contribution is -2.47. The average Bonchev–Trinajstić information content (AvgIpc) is 2.83. The van der Waals surface area contributed by atoms with Crippen LogP contribution in [-0.4, -0.2) is 66.1 Å². The molecule has 0 aromatic rings. The van der Waals surface area contributed by atoms with Gasteiger partial charge in [0.1, 0.15) is 12.2 Å². The van der Waals surface area contributed by atoms with Crippen LogP contribution < -0.4 is 5.32 Å². The van der Waals surface area contributed by atoms with Gasteiger partial charge in [-0.1, -0.05) is 0 Å². The summed E-state index contributed by atoms with van der Waals surface area (Å²) in [5, 5.41) is 12.1. The van der Waals surface area contributed by atoms with Crippen molar-refractivity contribution in [2.24, 2.45) is 0 Å². The molecule has 140 valence electrons. The molecule has 2 fully saturated rings. The minimum absolute atomic E-state index is 0.200. The third-order valence-corrected chi connectivity index (χ3v) is 4.72. The van der Waals surface area contributed by atoms with Crippen molar-refractivity contribution in [3.8, 4) is 0 Å². The van der Waals surface area contributed by atoms with Crippen molar-refractivity contribution >= 4 is 20.3 Å². The molecule has 0 spiro atoms. The summed E-state index contributed by atoms with van der Waals surface area (Å²) in [4.78, 5) is 24.1. The predicted octanol–water partition coefficient (Wildman–Crippen LogP) is 0.115. The van der Waals surface area contributed by atoms with E-state index in [-0.39, 0.29) is 13.3 Å². The first kappa shape index (κ1) is 18.5. The summed E-state index contributed by atoms with van der Waals surface area (Å²) in [6.07, 6.45) is -7.33. The number of alkyl halides is 2. The largest absolute Gasteiger partial charge is 0.382 e. The SMILES string of the molecule is O=C1NCN([C@@H]2O[C@H](COP3OCCC(F)(F)O3)[C@@H](O)C2=O)C=C1F. The summed E-state index contributed by atoms with van der Waals surface area (Å²) in [7, 11) is -2.35. The van der Waals surface area contributed by atoms with E-state index in [1.807, 2.05) is 0 Å². The number of carbonyl (C=O) groups excluding carboxylic acids is 2. The van der Waals surface area contributed by atoms with Gasteiger partial charge in [-0.25, -0.2) is 4.52 Å². The zero-order chi connectivity index (χ0) is 18.2. The number of aliphatic hydroxyl groups is 1. The number of nitrogens with zero attached hydrogens (tertiary/aromatic N) is 1. The van der Waals surface area contributed by atoms with E-state index in [0.717, 1.165) is 11.1 Å². The predicted molar refractivity (Wildman–Crippen MR) is 73.2 cm³/mol. The highest BCUT2D eigenvalue weighted by molar-refractivity contribution is 7.41. The number of aliphatic hydroxyl groups excluding tert-OH is 1. The van der Waals surface area contributed by atoms with Crippen LogP contribution in [0.25, 0.3) is 0 Å². The number of hydrogen-bond donors (Lipinski definition) is 2. The second-order valence-corrected chi connectivity index (χ2v) is 6.51. The summed E-state index contributed by atoms with van der Waals surface area (Å²) < 4.78 is 59.0. The molecule has 2 N–H and O–H groups in total. The standard InChI is InChI=1S/C12H14F3N2O7P/c13-6-3-17(5-16-10(6)20)11-9(19)8(18)7(23-11)4-22-25-21-2-1-12(14,15)24-25/h3,7-8,11,18H,1-2,4-5H2,(H,16,20)/t7-,8-,11-,25?/m1/s1. The topological polar surface area (TPSA) is 107 Å². The van der Waals surface area contributed by atoms with Crippen molar-refractivity contribution in [3.05, 3.63) is 12.0 Å². The first-order valence-corrected chi connectivity index (χ1v) is 8.28. The highest BCUT2D eigenvalue weighted by Gasteiger charge is 2.47. The summed E-state index contributed by atoms with van der Waals surface area (Å²) >= 11 is 0. The Morgan fingerprint density at radius 1 is 1.48 bits per heavy atom. The van der Waals surface area contributed by atoms with Crippen LogP contribution in [0.2, 0.25) is 0 Å². The minimum Gasteiger partial charge on any atom is -0.382 e. The van der Waals surface area contributed by atoms with Gasteiger partial charge in [0.15, 0.2) is 6.23 Å². The summed E-state index contributed by atoms with van der Waals surface area (Å²) in [6.45, 7) is -0.905. The van der Waals surface area contributed by atoms with Gasteiger partial charge in [0.25, 0.3) is 5.91 Å². The van der Waals surface area contributed by atoms with Gasteiger partial charge in [-0.2, -0.15) is 13.2 Å². The maximum absolute atomic E-state index is 13.3. The van der Waals surface area contributed by atoms with Crippen molar-refractivity contribution in [1.82, 2.24) is 10.2 Å². The van der Waals surface area contributed by atoms with Gasteiger partial charge in [-0.15, -0.1) is 0 Å². The molecule has 25 heavy (non-hydrogen) atoms. The molecule has 0 bridgehead atoms. The fourth-order valence-electron chi connectivity index (χ4n) is 2.27. The summed E-state index contributed by atoms with van der Waals surface area (Å²) in [5.74, 6) is -2.83. The fourth-order valence-corrected chi connectivity index (χ4v) is 3.27. The lowest BCUT2D eigenvalue weighted by Gasteiger charge is -2.29. The van der Waals surface area contributed by atoms with E-state index in [1.54, 1.807) is 0 Å². The van der Waals surface area contributed by atoms with Crippen LogP contribution in [0.1, 0.15) is 6.42 Å². The van der Waals surface area contributed by atoms with E-state index in [9.17, 15) is 27.9 Å². The van der Waals surface area contributed by atoms with Gasteiger partial charge in [0.05, 0.1) is 26.3 Å². The van der Waals surface area contributed by atoms with E-state index in [1.165, 1.54) is 0 Å². The van der Waals surface area contributed by atoms with Gasteiger partial charge < -0.3 is 29.1 Å². The smallest absolute Gasteiger partial charge is 0.364 e. The van der Waals surface area contributed by atoms with Gasteiger partial charge >= 0.3 is 14.7 Å². The zero-order valence-corrected chi connectivity index (χ0v) is 13.5. The summed E-state index contributed by atoms with van der Waals surface area (Å²) in [5.41, 5.74) is 0. The van der Waals surface area contributed by atoms with Crippen LogP contribution in [-0.2, 0) is 27.9 Å². The molecule has 0 aromatic carbocycles. The minimum atomic E-state index is -3.37. The number of amides is 1. The Labute approximate surface area is 140 Å². The second-order valence-electron chi connectivity index (χ2n) is 5.36. The first-order chi connectivity index (χ1) is 11.8. The maximum atomic E-state index is 13.3. The van der Waals surface area contributed by atoms with E-state index in [0.29, 0.717) is 0 Å². The number of halogens is 3. The molecule has 3 aliphatic rings.